The molecule has 0 aromatic carbocycles. The average molecular weight is 611 g/mol. The number of hydrogen-bond acceptors (Lipinski definition) is 10. The van der Waals surface area contributed by atoms with E-state index in [1.165, 1.54) is 103 Å². The van der Waals surface area contributed by atoms with Crippen LogP contribution in [0, 0.1) is 0 Å². The van der Waals surface area contributed by atoms with Crippen LogP contribution in [-0.2, 0) is 0 Å². The molecule has 5 aliphatic rings. The van der Waals surface area contributed by atoms with Gasteiger partial charge < -0.3 is 31.5 Å². The molecule has 0 atom stereocenters. The van der Waals surface area contributed by atoms with Crippen molar-refractivity contribution in [1.29, 1.82) is 0 Å². The maximum Gasteiger partial charge on any atom is 0.226 e. The van der Waals surface area contributed by atoms with E-state index in [-0.39, 0.29) is 0 Å². The van der Waals surface area contributed by atoms with E-state index in [9.17, 15) is 0 Å². The Balaban J connectivity index is 0.000000157. The molecule has 2 aromatic rings. The van der Waals surface area contributed by atoms with E-state index in [2.05, 4.69) is 47.5 Å². The largest absolute Gasteiger partial charge is 0.367 e. The molecule has 0 unspecified atom stereocenters. The molecule has 0 radical (unpaired) electrons. The van der Waals surface area contributed by atoms with Crippen molar-refractivity contribution in [2.75, 3.05) is 52.3 Å². The Morgan fingerprint density at radius 1 is 0.558 bits per heavy atom. The quantitative estimate of drug-likeness (QED) is 0.203. The van der Waals surface area contributed by atoms with Gasteiger partial charge in [-0.1, -0.05) is 63.0 Å². The Morgan fingerprint density at radius 3 is 1.47 bits per heavy atom. The van der Waals surface area contributed by atoms with E-state index >= 15 is 0 Å². The lowest BCUT2D eigenvalue weighted by atomic mass is 10.2. The van der Waals surface area contributed by atoms with E-state index in [0.717, 1.165) is 49.6 Å². The molecule has 0 spiro atoms. The van der Waals surface area contributed by atoms with Crippen molar-refractivity contribution in [2.24, 2.45) is 0 Å². The van der Waals surface area contributed by atoms with Gasteiger partial charge in [0.2, 0.25) is 11.9 Å². The first-order chi connectivity index (χ1) is 21.2. The van der Waals surface area contributed by atoms with Gasteiger partial charge in [0, 0.05) is 62.5 Å². The van der Waals surface area contributed by atoms with Gasteiger partial charge in [-0.05, 0) is 51.4 Å². The highest BCUT2D eigenvalue weighted by Gasteiger charge is 2.21. The zero-order valence-corrected chi connectivity index (χ0v) is 26.5. The minimum atomic E-state index is 0.510. The van der Waals surface area contributed by atoms with Crippen LogP contribution in [0.25, 0.3) is 0 Å². The number of hydrogen-bond donors (Lipinski definition) is 5. The first kappa shape index (κ1) is 30.4. The topological polar surface area (TPSA) is 115 Å². The van der Waals surface area contributed by atoms with Crippen LogP contribution in [0.2, 0.25) is 5.15 Å². The van der Waals surface area contributed by atoms with Crippen LogP contribution in [0.5, 0.6) is 0 Å². The van der Waals surface area contributed by atoms with Crippen LogP contribution in [0.15, 0.2) is 12.1 Å². The number of aromatic nitrogens is 4. The number of halogens is 1. The van der Waals surface area contributed by atoms with Crippen molar-refractivity contribution in [3.05, 3.63) is 17.3 Å². The second-order valence-electron chi connectivity index (χ2n) is 13.1. The maximum absolute atomic E-state index is 6.09. The molecule has 4 aliphatic carbocycles. The van der Waals surface area contributed by atoms with Crippen LogP contribution in [0.3, 0.4) is 0 Å². The standard InChI is InChI=1S/C18H30N6.C14H21ClN4/c1-2-6-14(5-1)20-16-13-17(24-11-9-19-10-12-24)23-18(22-16)21-15-7-3-4-8-15;15-12-9-13(16-10-5-1-2-6-10)19-14(18-12)17-11-7-3-4-8-11/h13-15,19H,1-12H2,(H2,20,21,22,23);9-11H,1-8H2,(H2,16,17,18,19). The van der Waals surface area contributed by atoms with Crippen molar-refractivity contribution >= 4 is 41.0 Å². The lowest BCUT2D eigenvalue weighted by Gasteiger charge is -2.29. The number of nitrogens with one attached hydrogen (secondary N) is 5. The number of anilines is 5. The fraction of sp³-hybridized carbons (Fsp3) is 0.750. The van der Waals surface area contributed by atoms with Crippen LogP contribution in [0.4, 0.5) is 29.4 Å². The molecule has 0 amide bonds. The fourth-order valence-electron chi connectivity index (χ4n) is 7.25. The second kappa shape index (κ2) is 15.4. The van der Waals surface area contributed by atoms with E-state index in [1.807, 2.05) is 6.07 Å². The van der Waals surface area contributed by atoms with Gasteiger partial charge in [-0.25, -0.2) is 4.98 Å². The first-order valence-electron chi connectivity index (χ1n) is 17.1. The highest BCUT2D eigenvalue weighted by Crippen LogP contribution is 2.28. The molecule has 1 saturated heterocycles. The third-order valence-electron chi connectivity index (χ3n) is 9.64. The van der Waals surface area contributed by atoms with Crippen LogP contribution >= 0.6 is 11.6 Å². The highest BCUT2D eigenvalue weighted by atomic mass is 35.5. The van der Waals surface area contributed by atoms with Gasteiger partial charge in [0.05, 0.1) is 0 Å². The van der Waals surface area contributed by atoms with E-state index in [1.54, 1.807) is 0 Å². The van der Waals surface area contributed by atoms with Crippen LogP contribution < -0.4 is 31.5 Å². The minimum absolute atomic E-state index is 0.510. The Labute approximate surface area is 262 Å². The summed E-state index contributed by atoms with van der Waals surface area (Å²) in [6.07, 6.45) is 20.4. The predicted octanol–water partition coefficient (Wildman–Crippen LogP) is 6.43. The summed E-state index contributed by atoms with van der Waals surface area (Å²) >= 11 is 6.09. The van der Waals surface area contributed by atoms with Gasteiger partial charge in [0.15, 0.2) is 0 Å². The SMILES string of the molecule is Clc1cc(NC2CCCC2)nc(NC2CCCC2)n1.c1c(NC2CCCC2)nc(NC2CCCC2)nc1N1CCNCC1. The lowest BCUT2D eigenvalue weighted by molar-refractivity contribution is 0.584. The second-order valence-corrected chi connectivity index (χ2v) is 13.5. The number of rotatable bonds is 9. The summed E-state index contributed by atoms with van der Waals surface area (Å²) in [5, 5.41) is 18.0. The first-order valence-corrected chi connectivity index (χ1v) is 17.5. The lowest BCUT2D eigenvalue weighted by Crippen LogP contribution is -2.44. The third-order valence-corrected chi connectivity index (χ3v) is 9.83. The Morgan fingerprint density at radius 2 is 0.977 bits per heavy atom. The van der Waals surface area contributed by atoms with E-state index in [0.29, 0.717) is 35.3 Å². The van der Waals surface area contributed by atoms with Crippen molar-refractivity contribution < 1.29 is 0 Å². The predicted molar refractivity (Wildman–Crippen MR) is 178 cm³/mol. The van der Waals surface area contributed by atoms with Gasteiger partial charge >= 0.3 is 0 Å². The fourth-order valence-corrected chi connectivity index (χ4v) is 7.43. The maximum atomic E-state index is 6.09. The van der Waals surface area contributed by atoms with Crippen molar-refractivity contribution in [1.82, 2.24) is 25.3 Å². The van der Waals surface area contributed by atoms with Gasteiger partial charge in [0.1, 0.15) is 22.6 Å². The molecule has 236 valence electrons. The number of nitrogens with zero attached hydrogens (tertiary/aromatic N) is 5. The summed E-state index contributed by atoms with van der Waals surface area (Å²) in [6, 6.07) is 6.14. The molecule has 0 bridgehead atoms. The smallest absolute Gasteiger partial charge is 0.226 e. The van der Waals surface area contributed by atoms with Gasteiger partial charge in [-0.15, -0.1) is 0 Å². The molecule has 43 heavy (non-hydrogen) atoms. The molecule has 10 nitrogen and oxygen atoms in total. The Bertz CT molecular complexity index is 1060. The third kappa shape index (κ3) is 9.20. The van der Waals surface area contributed by atoms with Gasteiger partial charge in [0.25, 0.3) is 0 Å². The van der Waals surface area contributed by atoms with Gasteiger partial charge in [-0.3, -0.25) is 0 Å². The molecular weight excluding hydrogens is 560 g/mol. The van der Waals surface area contributed by atoms with Crippen molar-refractivity contribution in [2.45, 2.75) is 127 Å². The number of piperazine rings is 1. The Hall–Kier alpha value is -2.59. The zero-order chi connectivity index (χ0) is 29.3. The molecule has 5 fully saturated rings. The molecule has 3 heterocycles. The summed E-state index contributed by atoms with van der Waals surface area (Å²) in [5.74, 6) is 4.38. The Kier molecular flexibility index (Phi) is 10.9. The molecule has 2 aromatic heterocycles. The summed E-state index contributed by atoms with van der Waals surface area (Å²) in [4.78, 5) is 20.8. The molecule has 4 saturated carbocycles. The molecule has 7 rings (SSSR count). The van der Waals surface area contributed by atoms with Crippen molar-refractivity contribution in [3.63, 3.8) is 0 Å². The molecular formula is C32H51ClN10. The average Bonchev–Trinajstić information content (AvgIpc) is 3.84. The minimum Gasteiger partial charge on any atom is -0.367 e. The van der Waals surface area contributed by atoms with Crippen LogP contribution in [0.1, 0.15) is 103 Å². The summed E-state index contributed by atoms with van der Waals surface area (Å²) < 4.78 is 0. The molecule has 11 heteroatoms. The molecule has 5 N–H and O–H groups in total. The van der Waals surface area contributed by atoms with Crippen LogP contribution in [-0.4, -0.2) is 70.3 Å². The monoisotopic (exact) mass is 610 g/mol. The van der Waals surface area contributed by atoms with E-state index in [4.69, 9.17) is 21.6 Å². The normalized spacial score (nSPS) is 22.0. The summed E-state index contributed by atoms with van der Waals surface area (Å²) in [6.45, 7) is 4.09. The zero-order valence-electron chi connectivity index (χ0n) is 25.7. The van der Waals surface area contributed by atoms with E-state index < -0.39 is 0 Å². The summed E-state index contributed by atoms with van der Waals surface area (Å²) in [7, 11) is 0. The van der Waals surface area contributed by atoms with Gasteiger partial charge in [-0.2, -0.15) is 15.0 Å². The molecule has 1 aliphatic heterocycles. The van der Waals surface area contributed by atoms with Crippen molar-refractivity contribution in [3.8, 4) is 0 Å². The summed E-state index contributed by atoms with van der Waals surface area (Å²) in [5.41, 5.74) is 0. The highest BCUT2D eigenvalue weighted by molar-refractivity contribution is 6.29.